The number of nitrogens with one attached hydrogen (secondary N) is 1. The molecule has 0 atom stereocenters. The van der Waals surface area contributed by atoms with Crippen LogP contribution in [0.25, 0.3) is 10.9 Å². The van der Waals surface area contributed by atoms with Crippen LogP contribution in [0.3, 0.4) is 0 Å². The number of fused-ring (bicyclic) bond motifs is 1. The van der Waals surface area contributed by atoms with Gasteiger partial charge in [0.2, 0.25) is 0 Å². The van der Waals surface area contributed by atoms with Crippen LogP contribution in [-0.2, 0) is 13.0 Å². The number of benzene rings is 2. The summed E-state index contributed by atoms with van der Waals surface area (Å²) in [4.78, 5) is 13.2. The Morgan fingerprint density at radius 2 is 1.82 bits per heavy atom. The number of hydrogen-bond donors (Lipinski definition) is 1. The lowest BCUT2D eigenvalue weighted by Crippen LogP contribution is -2.28. The second-order valence-electron chi connectivity index (χ2n) is 8.46. The van der Waals surface area contributed by atoms with Crippen LogP contribution < -0.4 is 14.8 Å². The van der Waals surface area contributed by atoms with E-state index < -0.39 is 0 Å². The predicted octanol–water partition coefficient (Wildman–Crippen LogP) is 6.03. The largest absolute Gasteiger partial charge is 0.490 e. The molecule has 0 aliphatic rings. The first-order valence-electron chi connectivity index (χ1n) is 11.8. The minimum Gasteiger partial charge on any atom is -0.490 e. The third-order valence-corrected chi connectivity index (χ3v) is 5.84. The molecule has 0 spiro atoms. The van der Waals surface area contributed by atoms with Crippen LogP contribution in [0.15, 0.2) is 49.1 Å². The quantitative estimate of drug-likeness (QED) is 0.365. The Kier molecular flexibility index (Phi) is 8.21. The highest BCUT2D eigenvalue weighted by Crippen LogP contribution is 2.30. The van der Waals surface area contributed by atoms with E-state index in [0.29, 0.717) is 44.3 Å². The number of amides is 1. The van der Waals surface area contributed by atoms with Crippen molar-refractivity contribution < 1.29 is 14.3 Å². The zero-order valence-electron chi connectivity index (χ0n) is 20.5. The second-order valence-corrected chi connectivity index (χ2v) is 8.46. The van der Waals surface area contributed by atoms with Gasteiger partial charge in [0, 0.05) is 24.0 Å². The molecule has 0 radical (unpaired) electrons. The molecule has 0 aliphatic carbocycles. The van der Waals surface area contributed by atoms with Gasteiger partial charge in [-0.3, -0.25) is 4.79 Å². The van der Waals surface area contributed by atoms with Crippen molar-refractivity contribution in [2.75, 3.05) is 19.8 Å². The van der Waals surface area contributed by atoms with Crippen LogP contribution in [0.1, 0.15) is 60.8 Å². The van der Waals surface area contributed by atoms with Crippen molar-refractivity contribution in [1.82, 2.24) is 9.88 Å². The van der Waals surface area contributed by atoms with Gasteiger partial charge in [-0.2, -0.15) is 0 Å². The molecule has 0 unspecified atom stereocenters. The van der Waals surface area contributed by atoms with E-state index in [1.54, 1.807) is 0 Å². The van der Waals surface area contributed by atoms with Gasteiger partial charge in [0.25, 0.3) is 5.91 Å². The highest BCUT2D eigenvalue weighted by Gasteiger charge is 2.20. The number of rotatable bonds is 11. The maximum absolute atomic E-state index is 13.2. The van der Waals surface area contributed by atoms with Gasteiger partial charge >= 0.3 is 0 Å². The molecule has 176 valence electrons. The molecule has 3 aromatic rings. The lowest BCUT2D eigenvalue weighted by molar-refractivity contribution is 0.0945. The topological polar surface area (TPSA) is 52.5 Å². The van der Waals surface area contributed by atoms with E-state index >= 15 is 0 Å². The van der Waals surface area contributed by atoms with Gasteiger partial charge in [0.15, 0.2) is 11.5 Å². The van der Waals surface area contributed by atoms with Crippen LogP contribution >= 0.6 is 0 Å². The SMILES string of the molecule is C=CCn1c(C(=O)NCCc2ccc(OCC)c(OCC)c2)c(C)c2cc(C(C)C)ccc21. The summed E-state index contributed by atoms with van der Waals surface area (Å²) >= 11 is 0. The highest BCUT2D eigenvalue weighted by atomic mass is 16.5. The molecule has 1 N–H and O–H groups in total. The number of hydrogen-bond acceptors (Lipinski definition) is 3. The number of carbonyl (C=O) groups is 1. The zero-order chi connectivity index (χ0) is 24.0. The molecule has 1 aromatic heterocycles. The smallest absolute Gasteiger partial charge is 0.268 e. The van der Waals surface area contributed by atoms with Gasteiger partial charge in [-0.25, -0.2) is 0 Å². The van der Waals surface area contributed by atoms with E-state index in [0.717, 1.165) is 33.5 Å². The molecule has 33 heavy (non-hydrogen) atoms. The first-order chi connectivity index (χ1) is 15.9. The number of ether oxygens (including phenoxy) is 2. The Labute approximate surface area is 197 Å². The average molecular weight is 449 g/mol. The van der Waals surface area contributed by atoms with Gasteiger partial charge in [-0.1, -0.05) is 32.1 Å². The van der Waals surface area contributed by atoms with Crippen molar-refractivity contribution in [2.24, 2.45) is 0 Å². The van der Waals surface area contributed by atoms with Gasteiger partial charge in [-0.15, -0.1) is 6.58 Å². The lowest BCUT2D eigenvalue weighted by atomic mass is 10.0. The van der Waals surface area contributed by atoms with Crippen molar-refractivity contribution >= 4 is 16.8 Å². The van der Waals surface area contributed by atoms with Crippen molar-refractivity contribution in [3.63, 3.8) is 0 Å². The number of aryl methyl sites for hydroxylation is 1. The summed E-state index contributed by atoms with van der Waals surface area (Å²) in [5.41, 5.74) is 5.13. The molecule has 1 amide bonds. The number of nitrogens with zero attached hydrogens (tertiary/aromatic N) is 1. The van der Waals surface area contributed by atoms with E-state index in [4.69, 9.17) is 9.47 Å². The van der Waals surface area contributed by atoms with E-state index in [9.17, 15) is 4.79 Å². The Hall–Kier alpha value is -3.21. The summed E-state index contributed by atoms with van der Waals surface area (Å²) in [6, 6.07) is 12.4. The molecule has 5 heteroatoms. The molecule has 3 rings (SSSR count). The first kappa shape index (κ1) is 24.4. The van der Waals surface area contributed by atoms with Crippen LogP contribution in [0.2, 0.25) is 0 Å². The molecule has 2 aromatic carbocycles. The molecule has 0 bridgehead atoms. The summed E-state index contributed by atoms with van der Waals surface area (Å²) in [5.74, 6) is 1.86. The van der Waals surface area contributed by atoms with E-state index in [1.807, 2.05) is 45.0 Å². The third kappa shape index (κ3) is 5.41. The summed E-state index contributed by atoms with van der Waals surface area (Å²) in [7, 11) is 0. The fraction of sp³-hybridized carbons (Fsp3) is 0.393. The summed E-state index contributed by atoms with van der Waals surface area (Å²) < 4.78 is 13.4. The molecule has 0 saturated carbocycles. The van der Waals surface area contributed by atoms with E-state index in [2.05, 4.69) is 48.5 Å². The van der Waals surface area contributed by atoms with Gasteiger partial charge < -0.3 is 19.4 Å². The zero-order valence-corrected chi connectivity index (χ0v) is 20.5. The minimum atomic E-state index is -0.0624. The Morgan fingerprint density at radius 1 is 1.09 bits per heavy atom. The molecule has 0 fully saturated rings. The minimum absolute atomic E-state index is 0.0624. The van der Waals surface area contributed by atoms with Crippen molar-refractivity contribution in [2.45, 2.75) is 53.5 Å². The summed E-state index contributed by atoms with van der Waals surface area (Å²) in [6.07, 6.45) is 2.54. The van der Waals surface area contributed by atoms with Gasteiger partial charge in [0.05, 0.1) is 13.2 Å². The van der Waals surface area contributed by atoms with Crippen molar-refractivity contribution in [3.8, 4) is 11.5 Å². The maximum Gasteiger partial charge on any atom is 0.268 e. The van der Waals surface area contributed by atoms with Crippen LogP contribution in [0.5, 0.6) is 11.5 Å². The Balaban J connectivity index is 1.79. The van der Waals surface area contributed by atoms with Crippen LogP contribution in [0.4, 0.5) is 0 Å². The number of carbonyl (C=O) groups excluding carboxylic acids is 1. The highest BCUT2D eigenvalue weighted by molar-refractivity contribution is 6.01. The second kappa shape index (κ2) is 11.1. The first-order valence-corrected chi connectivity index (χ1v) is 11.8. The molecular weight excluding hydrogens is 412 g/mol. The van der Waals surface area contributed by atoms with Crippen molar-refractivity contribution in [3.05, 3.63) is 71.4 Å². The fourth-order valence-corrected chi connectivity index (χ4v) is 4.17. The van der Waals surface area contributed by atoms with Crippen LogP contribution in [-0.4, -0.2) is 30.2 Å². The molecule has 5 nitrogen and oxygen atoms in total. The Morgan fingerprint density at radius 3 is 2.48 bits per heavy atom. The average Bonchev–Trinajstić information content (AvgIpc) is 3.07. The molecular formula is C28H36N2O3. The normalized spacial score (nSPS) is 11.1. The fourth-order valence-electron chi connectivity index (χ4n) is 4.17. The van der Waals surface area contributed by atoms with Crippen molar-refractivity contribution in [1.29, 1.82) is 0 Å². The Bertz CT molecular complexity index is 1130. The standard InChI is InChI=1S/C28H36N2O3/c1-7-16-30-24-12-11-22(19(4)5)18-23(24)20(6)27(30)28(31)29-15-14-21-10-13-25(32-8-2)26(17-21)33-9-3/h7,10-13,17-19H,1,8-9,14-16H2,2-6H3,(H,29,31). The molecule has 0 aliphatic heterocycles. The third-order valence-electron chi connectivity index (χ3n) is 5.84. The van der Waals surface area contributed by atoms with Crippen LogP contribution in [0, 0.1) is 6.92 Å². The van der Waals surface area contributed by atoms with Gasteiger partial charge in [0.1, 0.15) is 5.69 Å². The van der Waals surface area contributed by atoms with E-state index in [-0.39, 0.29) is 5.91 Å². The molecule has 0 saturated heterocycles. The van der Waals surface area contributed by atoms with E-state index in [1.165, 1.54) is 5.56 Å². The summed E-state index contributed by atoms with van der Waals surface area (Å²) in [5, 5.41) is 4.24. The predicted molar refractivity (Wildman–Crippen MR) is 136 cm³/mol. The number of allylic oxidation sites excluding steroid dienone is 1. The monoisotopic (exact) mass is 448 g/mol. The maximum atomic E-state index is 13.2. The number of aromatic nitrogens is 1. The molecule has 1 heterocycles. The van der Waals surface area contributed by atoms with Gasteiger partial charge in [-0.05, 0) is 74.1 Å². The summed E-state index contributed by atoms with van der Waals surface area (Å²) in [6.45, 7) is 16.5. The lowest BCUT2D eigenvalue weighted by Gasteiger charge is -2.13.